The largest absolute Gasteiger partial charge is 0.398 e. The maximum atomic E-state index is 5.86. The SMILES string of the molecule is Nc1ccncc1CCCc1ccccc1. The first-order valence-corrected chi connectivity index (χ1v) is 5.58. The van der Waals surface area contributed by atoms with Crippen molar-refractivity contribution in [2.24, 2.45) is 0 Å². The monoisotopic (exact) mass is 212 g/mol. The van der Waals surface area contributed by atoms with Gasteiger partial charge in [0.15, 0.2) is 0 Å². The first kappa shape index (κ1) is 10.7. The third-order valence-electron chi connectivity index (χ3n) is 2.70. The van der Waals surface area contributed by atoms with Gasteiger partial charge < -0.3 is 5.73 Å². The van der Waals surface area contributed by atoms with E-state index in [0.717, 1.165) is 30.5 Å². The predicted molar refractivity (Wildman–Crippen MR) is 67.1 cm³/mol. The van der Waals surface area contributed by atoms with Crippen LogP contribution in [0.25, 0.3) is 0 Å². The maximum absolute atomic E-state index is 5.86. The van der Waals surface area contributed by atoms with E-state index in [2.05, 4.69) is 29.2 Å². The van der Waals surface area contributed by atoms with Crippen molar-refractivity contribution in [3.8, 4) is 0 Å². The normalized spacial score (nSPS) is 10.2. The van der Waals surface area contributed by atoms with Crippen molar-refractivity contribution < 1.29 is 0 Å². The third-order valence-corrected chi connectivity index (χ3v) is 2.70. The van der Waals surface area contributed by atoms with E-state index < -0.39 is 0 Å². The lowest BCUT2D eigenvalue weighted by molar-refractivity contribution is 0.819. The predicted octanol–water partition coefficient (Wildman–Crippen LogP) is 2.84. The lowest BCUT2D eigenvalue weighted by atomic mass is 10.0. The molecular formula is C14H16N2. The van der Waals surface area contributed by atoms with Gasteiger partial charge in [-0.15, -0.1) is 0 Å². The number of benzene rings is 1. The van der Waals surface area contributed by atoms with Gasteiger partial charge >= 0.3 is 0 Å². The van der Waals surface area contributed by atoms with E-state index >= 15 is 0 Å². The standard InChI is InChI=1S/C14H16N2/c15-14-9-10-16-11-13(14)8-4-7-12-5-2-1-3-6-12/h1-3,5-6,9-11H,4,7-8H2,(H2,15,16). The lowest BCUT2D eigenvalue weighted by Crippen LogP contribution is -1.96. The fourth-order valence-corrected chi connectivity index (χ4v) is 1.77. The Balaban J connectivity index is 1.87. The molecule has 0 aliphatic carbocycles. The number of hydrogen-bond acceptors (Lipinski definition) is 2. The molecule has 0 atom stereocenters. The minimum Gasteiger partial charge on any atom is -0.398 e. The number of nitrogens with zero attached hydrogens (tertiary/aromatic N) is 1. The topological polar surface area (TPSA) is 38.9 Å². The van der Waals surface area contributed by atoms with Gasteiger partial charge in [0.25, 0.3) is 0 Å². The van der Waals surface area contributed by atoms with Crippen LogP contribution in [0, 0.1) is 0 Å². The van der Waals surface area contributed by atoms with E-state index in [4.69, 9.17) is 5.73 Å². The van der Waals surface area contributed by atoms with Crippen LogP contribution >= 0.6 is 0 Å². The highest BCUT2D eigenvalue weighted by atomic mass is 14.7. The molecule has 0 saturated heterocycles. The third kappa shape index (κ3) is 2.83. The summed E-state index contributed by atoms with van der Waals surface area (Å²) in [6.45, 7) is 0. The van der Waals surface area contributed by atoms with Crippen LogP contribution in [0.2, 0.25) is 0 Å². The zero-order valence-corrected chi connectivity index (χ0v) is 9.26. The minimum absolute atomic E-state index is 0.850. The van der Waals surface area contributed by atoms with Crippen LogP contribution in [-0.2, 0) is 12.8 Å². The highest BCUT2D eigenvalue weighted by Crippen LogP contribution is 2.13. The quantitative estimate of drug-likeness (QED) is 0.846. The van der Waals surface area contributed by atoms with Crippen molar-refractivity contribution in [1.82, 2.24) is 4.98 Å². The first-order chi connectivity index (χ1) is 7.86. The van der Waals surface area contributed by atoms with E-state index in [-0.39, 0.29) is 0 Å². The average Bonchev–Trinajstić information content (AvgIpc) is 2.33. The maximum Gasteiger partial charge on any atom is 0.0377 e. The highest BCUT2D eigenvalue weighted by molar-refractivity contribution is 5.44. The zero-order chi connectivity index (χ0) is 11.2. The van der Waals surface area contributed by atoms with E-state index in [1.165, 1.54) is 5.56 Å². The summed E-state index contributed by atoms with van der Waals surface area (Å²) in [7, 11) is 0. The molecule has 1 heterocycles. The summed E-state index contributed by atoms with van der Waals surface area (Å²) >= 11 is 0. The Labute approximate surface area is 96.1 Å². The highest BCUT2D eigenvalue weighted by Gasteiger charge is 1.98. The molecule has 2 rings (SSSR count). The Hall–Kier alpha value is -1.83. The molecule has 2 nitrogen and oxygen atoms in total. The van der Waals surface area contributed by atoms with Crippen molar-refractivity contribution >= 4 is 5.69 Å². The molecule has 1 aromatic carbocycles. The van der Waals surface area contributed by atoms with Crippen molar-refractivity contribution in [3.05, 3.63) is 59.9 Å². The van der Waals surface area contributed by atoms with Crippen molar-refractivity contribution in [2.75, 3.05) is 5.73 Å². The lowest BCUT2D eigenvalue weighted by Gasteiger charge is -2.04. The Morgan fingerprint density at radius 2 is 1.81 bits per heavy atom. The molecule has 0 fully saturated rings. The molecular weight excluding hydrogens is 196 g/mol. The molecule has 1 aromatic heterocycles. The molecule has 0 aliphatic rings. The second kappa shape index (κ2) is 5.31. The summed E-state index contributed by atoms with van der Waals surface area (Å²) in [5.74, 6) is 0. The molecule has 0 unspecified atom stereocenters. The summed E-state index contributed by atoms with van der Waals surface area (Å²) in [4.78, 5) is 4.09. The molecule has 0 spiro atoms. The number of anilines is 1. The van der Waals surface area contributed by atoms with Gasteiger partial charge in [-0.05, 0) is 36.5 Å². The molecule has 2 aromatic rings. The van der Waals surface area contributed by atoms with Crippen LogP contribution in [0.1, 0.15) is 17.5 Å². The Kier molecular flexibility index (Phi) is 3.54. The molecule has 82 valence electrons. The molecule has 16 heavy (non-hydrogen) atoms. The van der Waals surface area contributed by atoms with E-state index in [1.807, 2.05) is 18.3 Å². The number of aromatic nitrogens is 1. The zero-order valence-electron chi connectivity index (χ0n) is 9.26. The van der Waals surface area contributed by atoms with Gasteiger partial charge in [-0.3, -0.25) is 4.98 Å². The molecule has 0 bridgehead atoms. The summed E-state index contributed by atoms with van der Waals surface area (Å²) in [5, 5.41) is 0. The Bertz CT molecular complexity index is 437. The molecule has 0 radical (unpaired) electrons. The summed E-state index contributed by atoms with van der Waals surface area (Å²) in [5.41, 5.74) is 9.24. The van der Waals surface area contributed by atoms with Gasteiger partial charge in [0.1, 0.15) is 0 Å². The number of rotatable bonds is 4. The van der Waals surface area contributed by atoms with Crippen LogP contribution < -0.4 is 5.73 Å². The molecule has 0 amide bonds. The van der Waals surface area contributed by atoms with Gasteiger partial charge in [-0.1, -0.05) is 30.3 Å². The summed E-state index contributed by atoms with van der Waals surface area (Å²) in [6.07, 6.45) is 6.79. The van der Waals surface area contributed by atoms with Crippen molar-refractivity contribution in [2.45, 2.75) is 19.3 Å². The van der Waals surface area contributed by atoms with Crippen molar-refractivity contribution in [3.63, 3.8) is 0 Å². The summed E-state index contributed by atoms with van der Waals surface area (Å²) in [6, 6.07) is 12.4. The molecule has 0 aliphatic heterocycles. The van der Waals surface area contributed by atoms with Crippen LogP contribution in [0.5, 0.6) is 0 Å². The van der Waals surface area contributed by atoms with Gasteiger partial charge in [-0.2, -0.15) is 0 Å². The van der Waals surface area contributed by atoms with E-state index in [1.54, 1.807) is 6.20 Å². The number of nitrogens with two attached hydrogens (primary N) is 1. The number of pyridine rings is 1. The van der Waals surface area contributed by atoms with Gasteiger partial charge in [-0.25, -0.2) is 0 Å². The number of nitrogen functional groups attached to an aromatic ring is 1. The number of hydrogen-bond donors (Lipinski definition) is 1. The smallest absolute Gasteiger partial charge is 0.0377 e. The fraction of sp³-hybridized carbons (Fsp3) is 0.214. The second-order valence-electron chi connectivity index (χ2n) is 3.91. The minimum atomic E-state index is 0.850. The van der Waals surface area contributed by atoms with Crippen LogP contribution in [-0.4, -0.2) is 4.98 Å². The van der Waals surface area contributed by atoms with Gasteiger partial charge in [0.05, 0.1) is 0 Å². The van der Waals surface area contributed by atoms with Crippen molar-refractivity contribution in [1.29, 1.82) is 0 Å². The first-order valence-electron chi connectivity index (χ1n) is 5.58. The van der Waals surface area contributed by atoms with Gasteiger partial charge in [0.2, 0.25) is 0 Å². The second-order valence-corrected chi connectivity index (χ2v) is 3.91. The van der Waals surface area contributed by atoms with Crippen LogP contribution in [0.3, 0.4) is 0 Å². The molecule has 0 saturated carbocycles. The molecule has 2 N–H and O–H groups in total. The summed E-state index contributed by atoms with van der Waals surface area (Å²) < 4.78 is 0. The van der Waals surface area contributed by atoms with E-state index in [0.29, 0.717) is 0 Å². The average molecular weight is 212 g/mol. The molecule has 2 heteroatoms. The number of aryl methyl sites for hydroxylation is 2. The van der Waals surface area contributed by atoms with Crippen LogP contribution in [0.15, 0.2) is 48.8 Å². The Morgan fingerprint density at radius 1 is 1.00 bits per heavy atom. The fourth-order valence-electron chi connectivity index (χ4n) is 1.77. The van der Waals surface area contributed by atoms with E-state index in [9.17, 15) is 0 Å². The van der Waals surface area contributed by atoms with Gasteiger partial charge in [0, 0.05) is 18.1 Å². The Morgan fingerprint density at radius 3 is 2.56 bits per heavy atom. The van der Waals surface area contributed by atoms with Crippen LogP contribution in [0.4, 0.5) is 5.69 Å².